The van der Waals surface area contributed by atoms with Crippen LogP contribution in [0.3, 0.4) is 0 Å². The van der Waals surface area contributed by atoms with Crippen molar-refractivity contribution in [2.45, 2.75) is 59.1 Å². The Morgan fingerprint density at radius 1 is 1.17 bits per heavy atom. The molecule has 1 aromatic carbocycles. The maximum Gasteiger partial charge on any atom is 0.248 e. The molecule has 6 rings (SSSR count). The number of likely N-dealkylation sites (tertiary alicyclic amines) is 1. The molecule has 11 heteroatoms. The molecule has 2 aliphatic rings. The number of anilines is 1. The first-order chi connectivity index (χ1) is 19.8. The number of hydrogen-bond donors (Lipinski definition) is 1. The number of benzene rings is 1. The van der Waals surface area contributed by atoms with E-state index in [2.05, 4.69) is 36.2 Å². The van der Waals surface area contributed by atoms with E-state index in [1.54, 1.807) is 35.3 Å². The number of Topliss-reactive ketones (excluding diaryl/α,β-unsaturated/α-hetero) is 1. The Bertz CT molecular complexity index is 1810. The van der Waals surface area contributed by atoms with Gasteiger partial charge in [0.25, 0.3) is 0 Å². The summed E-state index contributed by atoms with van der Waals surface area (Å²) in [6.07, 6.45) is 6.08. The van der Waals surface area contributed by atoms with Crippen molar-refractivity contribution in [3.8, 4) is 11.1 Å². The quantitative estimate of drug-likeness (QED) is 0.213. The SMILES string of the molecule is [2H][C@@]1(C(=O)Nc2nc(Br)ccc2Cl)C[C@@]2(C)C[C@H]2N1C(=O)Cn1cc(C(C)=O)c2cc(-c3cnc(C)nc3)cc(C)c21. The number of ketones is 1. The van der Waals surface area contributed by atoms with Gasteiger partial charge in [0.05, 0.1) is 11.9 Å². The van der Waals surface area contributed by atoms with Crippen LogP contribution in [0.5, 0.6) is 0 Å². The van der Waals surface area contributed by atoms with E-state index >= 15 is 0 Å². The highest BCUT2D eigenvalue weighted by Gasteiger charge is 2.64. The van der Waals surface area contributed by atoms with Gasteiger partial charge in [-0.1, -0.05) is 18.5 Å². The van der Waals surface area contributed by atoms with Gasteiger partial charge in [-0.25, -0.2) is 15.0 Å². The molecule has 3 atom stereocenters. The summed E-state index contributed by atoms with van der Waals surface area (Å²) in [4.78, 5) is 54.5. The van der Waals surface area contributed by atoms with Crippen molar-refractivity contribution in [1.82, 2.24) is 24.4 Å². The van der Waals surface area contributed by atoms with Crippen molar-refractivity contribution in [2.75, 3.05) is 5.32 Å². The van der Waals surface area contributed by atoms with Crippen molar-refractivity contribution in [3.63, 3.8) is 0 Å². The number of pyridine rings is 1. The number of piperidine rings is 1. The number of fused-ring (bicyclic) bond motifs is 2. The highest BCUT2D eigenvalue weighted by atomic mass is 79.9. The van der Waals surface area contributed by atoms with E-state index in [-0.39, 0.29) is 47.0 Å². The Balaban J connectivity index is 1.35. The molecule has 0 radical (unpaired) electrons. The molecule has 2 fully saturated rings. The van der Waals surface area contributed by atoms with E-state index in [4.69, 9.17) is 11.6 Å². The molecule has 2 amide bonds. The highest BCUT2D eigenvalue weighted by molar-refractivity contribution is 9.10. The smallest absolute Gasteiger partial charge is 0.248 e. The fourth-order valence-electron chi connectivity index (χ4n) is 5.82. The number of nitrogens with one attached hydrogen (secondary N) is 1. The Morgan fingerprint density at radius 3 is 2.61 bits per heavy atom. The molecule has 1 aliphatic carbocycles. The number of carbonyl (C=O) groups is 3. The van der Waals surface area contributed by atoms with Crippen LogP contribution in [-0.2, 0) is 16.1 Å². The largest absolute Gasteiger partial charge is 0.337 e. The lowest BCUT2D eigenvalue weighted by Gasteiger charge is -2.27. The number of aryl methyl sites for hydroxylation is 2. The summed E-state index contributed by atoms with van der Waals surface area (Å²) in [5.74, 6) is -0.392. The Labute approximate surface area is 251 Å². The topological polar surface area (TPSA) is 110 Å². The second-order valence-electron chi connectivity index (χ2n) is 11.1. The van der Waals surface area contributed by atoms with Gasteiger partial charge >= 0.3 is 0 Å². The molecule has 210 valence electrons. The molecule has 4 heterocycles. The predicted molar refractivity (Wildman–Crippen MR) is 160 cm³/mol. The van der Waals surface area contributed by atoms with Gasteiger partial charge in [-0.2, -0.15) is 0 Å². The van der Waals surface area contributed by atoms with Gasteiger partial charge in [-0.15, -0.1) is 0 Å². The van der Waals surface area contributed by atoms with Gasteiger partial charge in [-0.3, -0.25) is 14.4 Å². The first-order valence-electron chi connectivity index (χ1n) is 13.7. The summed E-state index contributed by atoms with van der Waals surface area (Å²) in [5.41, 5.74) is 3.45. The van der Waals surface area contributed by atoms with Crippen LogP contribution in [0.15, 0.2) is 47.5 Å². The molecule has 1 saturated heterocycles. The zero-order chi connectivity index (χ0) is 30.1. The van der Waals surface area contributed by atoms with E-state index in [0.717, 1.165) is 22.2 Å². The Morgan fingerprint density at radius 2 is 1.90 bits per heavy atom. The van der Waals surface area contributed by atoms with E-state index in [0.29, 0.717) is 27.8 Å². The van der Waals surface area contributed by atoms with Crippen LogP contribution in [-0.4, -0.2) is 54.1 Å². The van der Waals surface area contributed by atoms with E-state index < -0.39 is 11.9 Å². The monoisotopic (exact) mass is 635 g/mol. The van der Waals surface area contributed by atoms with Crippen molar-refractivity contribution < 1.29 is 15.8 Å². The zero-order valence-corrected chi connectivity index (χ0v) is 25.3. The van der Waals surface area contributed by atoms with E-state index in [1.165, 1.54) is 11.8 Å². The molecule has 41 heavy (non-hydrogen) atoms. The third kappa shape index (κ3) is 4.93. The second-order valence-corrected chi connectivity index (χ2v) is 12.3. The van der Waals surface area contributed by atoms with Crippen LogP contribution >= 0.6 is 27.5 Å². The number of carbonyl (C=O) groups excluding carboxylic acids is 3. The minimum atomic E-state index is -1.85. The normalized spacial score (nSPS) is 23.3. The van der Waals surface area contributed by atoms with Gasteiger partial charge in [0.1, 0.15) is 23.0 Å². The minimum absolute atomic E-state index is 0.119. The zero-order valence-electron chi connectivity index (χ0n) is 24.0. The van der Waals surface area contributed by atoms with Gasteiger partial charge in [0, 0.05) is 41.1 Å². The molecule has 1 saturated carbocycles. The fourth-order valence-corrected chi connectivity index (χ4v) is 6.28. The number of hydrogen-bond acceptors (Lipinski definition) is 6. The summed E-state index contributed by atoms with van der Waals surface area (Å²) in [6, 6.07) is 5.05. The predicted octanol–water partition coefficient (Wildman–Crippen LogP) is 5.75. The lowest BCUT2D eigenvalue weighted by molar-refractivity contribution is -0.138. The Hall–Kier alpha value is -3.63. The Kier molecular flexibility index (Phi) is 6.43. The first kappa shape index (κ1) is 26.3. The summed E-state index contributed by atoms with van der Waals surface area (Å²) >= 11 is 9.51. The number of amides is 2. The van der Waals surface area contributed by atoms with Crippen LogP contribution in [0.1, 0.15) is 49.8 Å². The molecule has 1 aliphatic heterocycles. The maximum atomic E-state index is 14.0. The average Bonchev–Trinajstić information content (AvgIpc) is 3.29. The van der Waals surface area contributed by atoms with Crippen LogP contribution in [0.25, 0.3) is 22.0 Å². The lowest BCUT2D eigenvalue weighted by atomic mass is 10.0. The third-order valence-electron chi connectivity index (χ3n) is 8.01. The van der Waals surface area contributed by atoms with Gasteiger partial charge < -0.3 is 14.8 Å². The molecule has 0 unspecified atom stereocenters. The molecular formula is C30H28BrClN6O3. The van der Waals surface area contributed by atoms with Gasteiger partial charge in [0.15, 0.2) is 11.6 Å². The fraction of sp³-hybridized carbons (Fsp3) is 0.333. The number of aromatic nitrogens is 4. The van der Waals surface area contributed by atoms with Crippen LogP contribution < -0.4 is 5.32 Å². The van der Waals surface area contributed by atoms with E-state index in [9.17, 15) is 15.8 Å². The van der Waals surface area contributed by atoms with Gasteiger partial charge in [0.2, 0.25) is 11.8 Å². The maximum absolute atomic E-state index is 14.0. The molecular weight excluding hydrogens is 608 g/mol. The highest BCUT2D eigenvalue weighted by Crippen LogP contribution is 2.59. The minimum Gasteiger partial charge on any atom is -0.337 e. The molecule has 4 aromatic rings. The molecule has 3 aromatic heterocycles. The van der Waals surface area contributed by atoms with Crippen molar-refractivity contribution in [1.29, 1.82) is 0 Å². The summed E-state index contributed by atoms with van der Waals surface area (Å²) in [5, 5.41) is 3.61. The molecule has 9 nitrogen and oxygen atoms in total. The summed E-state index contributed by atoms with van der Waals surface area (Å²) in [6.45, 7) is 7.10. The van der Waals surface area contributed by atoms with Crippen molar-refractivity contribution >= 4 is 61.8 Å². The lowest BCUT2D eigenvalue weighted by Crippen LogP contribution is -2.46. The second kappa shape index (κ2) is 10.0. The van der Waals surface area contributed by atoms with Gasteiger partial charge in [-0.05, 0) is 90.4 Å². The summed E-state index contributed by atoms with van der Waals surface area (Å²) in [7, 11) is 0. The standard InChI is InChI=1S/C30H28BrClN6O3/c1-15-7-18(19-11-33-17(3)34-12-19)8-20-21(16(2)39)13-37(27(15)20)14-26(40)38-23(9-30(4)10-24(30)38)29(41)36-28-22(32)5-6-25(31)35-28/h5-8,11-13,23-24H,9-10,14H2,1-4H3,(H,35,36,41)/t23-,24+,30-/m0/s1/i23D. The average molecular weight is 637 g/mol. The number of rotatable bonds is 6. The third-order valence-corrected chi connectivity index (χ3v) is 8.76. The number of nitrogens with zero attached hydrogens (tertiary/aromatic N) is 5. The molecule has 0 bridgehead atoms. The van der Waals surface area contributed by atoms with Crippen LogP contribution in [0.4, 0.5) is 5.82 Å². The van der Waals surface area contributed by atoms with Crippen LogP contribution in [0.2, 0.25) is 5.02 Å². The van der Waals surface area contributed by atoms with Crippen molar-refractivity contribution in [2.24, 2.45) is 5.41 Å². The molecule has 0 spiro atoms. The first-order valence-corrected chi connectivity index (χ1v) is 14.4. The van der Waals surface area contributed by atoms with Crippen molar-refractivity contribution in [3.05, 3.63) is 69.4 Å². The molecule has 1 N–H and O–H groups in total. The van der Waals surface area contributed by atoms with Crippen LogP contribution in [0, 0.1) is 19.3 Å². The van der Waals surface area contributed by atoms with E-state index in [1.807, 2.05) is 32.9 Å². The summed E-state index contributed by atoms with van der Waals surface area (Å²) < 4.78 is 11.5. The number of halogens is 2.